The van der Waals surface area contributed by atoms with E-state index in [4.69, 9.17) is 13.9 Å². The number of benzene rings is 1. The van der Waals surface area contributed by atoms with E-state index in [1.54, 1.807) is 30.2 Å². The second-order valence-corrected chi connectivity index (χ2v) is 4.65. The van der Waals surface area contributed by atoms with Crippen molar-refractivity contribution >= 4 is 5.91 Å². The maximum Gasteiger partial charge on any atom is 0.290 e. The number of carbonyl (C=O) groups is 1. The average Bonchev–Trinajstić information content (AvgIpc) is 3.03. The largest absolute Gasteiger partial charge is 0.497 e. The number of carbonyl (C=O) groups excluding carboxylic acids is 1. The maximum absolute atomic E-state index is 12.5. The molecule has 0 atom stereocenters. The van der Waals surface area contributed by atoms with Crippen molar-refractivity contribution in [3.05, 3.63) is 60.4 Å². The number of hydrogen-bond acceptors (Lipinski definition) is 4. The van der Waals surface area contributed by atoms with Crippen LogP contribution in [0.15, 0.2) is 53.5 Å². The summed E-state index contributed by atoms with van der Waals surface area (Å²) in [4.78, 5) is 14.2. The molecule has 0 spiro atoms. The van der Waals surface area contributed by atoms with Gasteiger partial charge in [0.05, 0.1) is 14.2 Å². The van der Waals surface area contributed by atoms with Gasteiger partial charge in [0.2, 0.25) is 0 Å². The smallest absolute Gasteiger partial charge is 0.290 e. The molecule has 0 bridgehead atoms. The molecule has 2 rings (SSSR count). The molecule has 0 aliphatic carbocycles. The fourth-order valence-corrected chi connectivity index (χ4v) is 2.07. The molecular formula is C17H19NO4. The van der Waals surface area contributed by atoms with Gasteiger partial charge in [-0.1, -0.05) is 18.2 Å². The van der Waals surface area contributed by atoms with E-state index in [1.165, 1.54) is 7.11 Å². The zero-order chi connectivity index (χ0) is 15.9. The predicted octanol–water partition coefficient (Wildman–Crippen LogP) is 3.13. The van der Waals surface area contributed by atoms with Crippen LogP contribution in [0.1, 0.15) is 16.1 Å². The van der Waals surface area contributed by atoms with E-state index >= 15 is 0 Å². The van der Waals surface area contributed by atoms with Gasteiger partial charge in [0.25, 0.3) is 11.9 Å². The number of hydrogen-bond donors (Lipinski definition) is 0. The Morgan fingerprint density at radius 2 is 2.09 bits per heavy atom. The number of rotatable bonds is 7. The summed E-state index contributed by atoms with van der Waals surface area (Å²) in [6.07, 6.45) is 1.68. The Hall–Kier alpha value is -2.69. The lowest BCUT2D eigenvalue weighted by atomic mass is 10.2. The highest BCUT2D eigenvalue weighted by Crippen LogP contribution is 2.19. The van der Waals surface area contributed by atoms with Gasteiger partial charge in [0, 0.05) is 19.2 Å². The molecule has 5 heteroatoms. The molecule has 0 N–H and O–H groups in total. The van der Waals surface area contributed by atoms with Crippen LogP contribution in [0.2, 0.25) is 0 Å². The van der Waals surface area contributed by atoms with Crippen LogP contribution in [-0.4, -0.2) is 31.6 Å². The summed E-state index contributed by atoms with van der Waals surface area (Å²) in [5.41, 5.74) is 0.966. The highest BCUT2D eigenvalue weighted by molar-refractivity contribution is 5.91. The van der Waals surface area contributed by atoms with E-state index in [9.17, 15) is 4.79 Å². The van der Waals surface area contributed by atoms with Gasteiger partial charge >= 0.3 is 0 Å². The topological polar surface area (TPSA) is 51.9 Å². The van der Waals surface area contributed by atoms with Crippen LogP contribution in [-0.2, 0) is 6.54 Å². The van der Waals surface area contributed by atoms with Crippen molar-refractivity contribution in [2.45, 2.75) is 6.54 Å². The van der Waals surface area contributed by atoms with Crippen LogP contribution in [0.25, 0.3) is 0 Å². The molecule has 0 unspecified atom stereocenters. The summed E-state index contributed by atoms with van der Waals surface area (Å²) in [5.74, 6) is 1.08. The third-order valence-corrected chi connectivity index (χ3v) is 3.14. The SMILES string of the molecule is C=CCN(Cc1cccc(OC)c1)C(=O)c1ccc(OC)o1. The summed E-state index contributed by atoms with van der Waals surface area (Å²) < 4.78 is 15.5. The number of nitrogens with zero attached hydrogens (tertiary/aromatic N) is 1. The molecule has 0 aliphatic rings. The van der Waals surface area contributed by atoms with Gasteiger partial charge in [-0.05, 0) is 23.8 Å². The van der Waals surface area contributed by atoms with E-state index in [0.29, 0.717) is 19.0 Å². The summed E-state index contributed by atoms with van der Waals surface area (Å²) in [7, 11) is 3.10. The molecule has 0 aliphatic heterocycles. The van der Waals surface area contributed by atoms with Crippen LogP contribution in [0.5, 0.6) is 11.7 Å². The molecule has 1 aromatic heterocycles. The van der Waals surface area contributed by atoms with Crippen LogP contribution in [0.3, 0.4) is 0 Å². The minimum absolute atomic E-state index is 0.217. The second kappa shape index (κ2) is 7.36. The van der Waals surface area contributed by atoms with Crippen molar-refractivity contribution in [3.63, 3.8) is 0 Å². The minimum atomic E-state index is -0.217. The molecule has 1 aromatic carbocycles. The van der Waals surface area contributed by atoms with Gasteiger partial charge in [-0.15, -0.1) is 6.58 Å². The number of ether oxygens (including phenoxy) is 2. The molecular weight excluding hydrogens is 282 g/mol. The first kappa shape index (κ1) is 15.7. The lowest BCUT2D eigenvalue weighted by Gasteiger charge is -2.20. The summed E-state index contributed by atoms with van der Waals surface area (Å²) in [6.45, 7) is 4.55. The van der Waals surface area contributed by atoms with Gasteiger partial charge < -0.3 is 18.8 Å². The van der Waals surface area contributed by atoms with Crippen LogP contribution < -0.4 is 9.47 Å². The zero-order valence-corrected chi connectivity index (χ0v) is 12.7. The van der Waals surface area contributed by atoms with Gasteiger partial charge in [0.15, 0.2) is 5.76 Å². The van der Waals surface area contributed by atoms with E-state index in [0.717, 1.165) is 11.3 Å². The molecule has 116 valence electrons. The van der Waals surface area contributed by atoms with E-state index in [1.807, 2.05) is 24.3 Å². The third kappa shape index (κ3) is 3.69. The summed E-state index contributed by atoms with van der Waals surface area (Å²) in [5, 5.41) is 0. The monoisotopic (exact) mass is 301 g/mol. The Kier molecular flexibility index (Phi) is 5.25. The Bertz CT molecular complexity index is 648. The van der Waals surface area contributed by atoms with Crippen molar-refractivity contribution in [2.24, 2.45) is 0 Å². The Labute approximate surface area is 129 Å². The Morgan fingerprint density at radius 1 is 1.27 bits per heavy atom. The van der Waals surface area contributed by atoms with Crippen LogP contribution in [0, 0.1) is 0 Å². The molecule has 1 amide bonds. The van der Waals surface area contributed by atoms with Crippen molar-refractivity contribution in [3.8, 4) is 11.7 Å². The number of methoxy groups -OCH3 is 2. The first-order valence-electron chi connectivity index (χ1n) is 6.85. The standard InChI is InChI=1S/C17H19NO4/c1-4-10-18(12-13-6-5-7-14(11-13)20-2)17(19)15-8-9-16(21-3)22-15/h4-9,11H,1,10,12H2,2-3H3. The molecule has 1 heterocycles. The molecule has 0 saturated heterocycles. The lowest BCUT2D eigenvalue weighted by Crippen LogP contribution is -2.30. The minimum Gasteiger partial charge on any atom is -0.497 e. The third-order valence-electron chi connectivity index (χ3n) is 3.14. The quantitative estimate of drug-likeness (QED) is 0.737. The summed E-state index contributed by atoms with van der Waals surface area (Å²) in [6, 6.07) is 10.8. The van der Waals surface area contributed by atoms with Crippen LogP contribution >= 0.6 is 0 Å². The predicted molar refractivity (Wildman–Crippen MR) is 83.2 cm³/mol. The van der Waals surface area contributed by atoms with Crippen molar-refractivity contribution < 1.29 is 18.7 Å². The Morgan fingerprint density at radius 3 is 2.73 bits per heavy atom. The van der Waals surface area contributed by atoms with Gasteiger partial charge in [-0.2, -0.15) is 0 Å². The fraction of sp³-hybridized carbons (Fsp3) is 0.235. The van der Waals surface area contributed by atoms with Gasteiger partial charge in [-0.3, -0.25) is 4.79 Å². The highest BCUT2D eigenvalue weighted by Gasteiger charge is 2.19. The highest BCUT2D eigenvalue weighted by atomic mass is 16.6. The normalized spacial score (nSPS) is 10.1. The van der Waals surface area contributed by atoms with Crippen molar-refractivity contribution in [1.82, 2.24) is 4.90 Å². The first-order valence-corrected chi connectivity index (χ1v) is 6.85. The second-order valence-electron chi connectivity index (χ2n) is 4.65. The molecule has 0 radical (unpaired) electrons. The van der Waals surface area contributed by atoms with Gasteiger partial charge in [-0.25, -0.2) is 0 Å². The van der Waals surface area contributed by atoms with Crippen molar-refractivity contribution in [1.29, 1.82) is 0 Å². The fourth-order valence-electron chi connectivity index (χ4n) is 2.07. The van der Waals surface area contributed by atoms with E-state index in [-0.39, 0.29) is 11.7 Å². The average molecular weight is 301 g/mol. The number of amides is 1. The summed E-state index contributed by atoms with van der Waals surface area (Å²) >= 11 is 0. The van der Waals surface area contributed by atoms with Crippen molar-refractivity contribution in [2.75, 3.05) is 20.8 Å². The van der Waals surface area contributed by atoms with Gasteiger partial charge in [0.1, 0.15) is 5.75 Å². The molecule has 0 fully saturated rings. The maximum atomic E-state index is 12.5. The first-order chi connectivity index (χ1) is 10.7. The van der Waals surface area contributed by atoms with Crippen LogP contribution in [0.4, 0.5) is 0 Å². The molecule has 2 aromatic rings. The van der Waals surface area contributed by atoms with E-state index < -0.39 is 0 Å². The molecule has 22 heavy (non-hydrogen) atoms. The number of furan rings is 1. The molecule has 0 saturated carbocycles. The molecule has 5 nitrogen and oxygen atoms in total. The Balaban J connectivity index is 2.17. The zero-order valence-electron chi connectivity index (χ0n) is 12.7. The van der Waals surface area contributed by atoms with E-state index in [2.05, 4.69) is 6.58 Å². The lowest BCUT2D eigenvalue weighted by molar-refractivity contribution is 0.0724.